The van der Waals surface area contributed by atoms with E-state index in [4.69, 9.17) is 0 Å². The molecule has 0 bridgehead atoms. The number of piperazine rings is 2. The van der Waals surface area contributed by atoms with E-state index in [-0.39, 0.29) is 11.5 Å². The average molecular weight is 517 g/mol. The molecule has 0 saturated carbocycles. The molecule has 0 aliphatic carbocycles. The number of hydrogen-bond donors (Lipinski definition) is 2. The number of alkyl halides is 3. The number of hydrogen-bond acceptors (Lipinski definition) is 7. The minimum Gasteiger partial charge on any atom is -0.376 e. The monoisotopic (exact) mass is 516 g/mol. The maximum absolute atomic E-state index is 12.9. The summed E-state index contributed by atoms with van der Waals surface area (Å²) in [5.41, 5.74) is -2.10. The first-order valence-electron chi connectivity index (χ1n) is 11.1. The first-order chi connectivity index (χ1) is 16.0. The molecule has 2 aliphatic heterocycles. The van der Waals surface area contributed by atoms with Crippen LogP contribution in [0.4, 0.5) is 18.9 Å². The molecule has 1 amide bonds. The summed E-state index contributed by atoms with van der Waals surface area (Å²) in [6.45, 7) is 7.59. The maximum atomic E-state index is 12.9. The minimum atomic E-state index is -4.70. The summed E-state index contributed by atoms with van der Waals surface area (Å²) >= 11 is 3.46. The normalized spacial score (nSPS) is 21.9. The fourth-order valence-electron chi connectivity index (χ4n) is 3.50. The van der Waals surface area contributed by atoms with Crippen molar-refractivity contribution in [3.63, 3.8) is 0 Å². The summed E-state index contributed by atoms with van der Waals surface area (Å²) in [6.07, 6.45) is -4.70. The number of benzene rings is 1. The van der Waals surface area contributed by atoms with Gasteiger partial charge in [0.25, 0.3) is 0 Å². The van der Waals surface area contributed by atoms with Crippen molar-refractivity contribution in [3.05, 3.63) is 47.3 Å². The lowest BCUT2D eigenvalue weighted by Crippen LogP contribution is -2.51. The van der Waals surface area contributed by atoms with Gasteiger partial charge in [-0.15, -0.1) is 11.3 Å². The fraction of sp³-hybridized carbons (Fsp3) is 0.522. The molecular weight excluding hydrogens is 485 g/mol. The number of rotatable bonds is 4. The number of thiophene rings is 1. The van der Waals surface area contributed by atoms with Crippen LogP contribution in [0.15, 0.2) is 46.0 Å². The van der Waals surface area contributed by atoms with E-state index < -0.39 is 11.8 Å². The van der Waals surface area contributed by atoms with E-state index in [9.17, 15) is 23.1 Å². The third kappa shape index (κ3) is 6.88. The molecule has 2 saturated heterocycles. The highest BCUT2D eigenvalue weighted by Gasteiger charge is 2.51. The van der Waals surface area contributed by atoms with Crippen LogP contribution in [0.3, 0.4) is 0 Å². The summed E-state index contributed by atoms with van der Waals surface area (Å²) < 4.78 is 42.3. The van der Waals surface area contributed by atoms with Gasteiger partial charge in [-0.25, -0.2) is 4.31 Å². The van der Waals surface area contributed by atoms with E-state index in [1.54, 1.807) is 35.4 Å². The van der Waals surface area contributed by atoms with Crippen LogP contribution in [0.1, 0.15) is 19.4 Å². The molecule has 3 heterocycles. The zero-order valence-corrected chi connectivity index (χ0v) is 21.1. The van der Waals surface area contributed by atoms with Gasteiger partial charge in [0.2, 0.25) is 5.91 Å². The van der Waals surface area contributed by atoms with E-state index in [2.05, 4.69) is 32.9 Å². The number of nitrogens with one attached hydrogen (secondary N) is 1. The van der Waals surface area contributed by atoms with E-state index in [1.165, 1.54) is 16.3 Å². The zero-order valence-electron chi connectivity index (χ0n) is 19.5. The molecule has 1 aromatic carbocycles. The van der Waals surface area contributed by atoms with Crippen molar-refractivity contribution in [2.24, 2.45) is 0 Å². The van der Waals surface area contributed by atoms with Crippen LogP contribution in [0, 0.1) is 0 Å². The predicted octanol–water partition coefficient (Wildman–Crippen LogP) is 3.78. The third-order valence-corrected chi connectivity index (χ3v) is 8.15. The minimum absolute atomic E-state index is 0.135. The predicted molar refractivity (Wildman–Crippen MR) is 131 cm³/mol. The lowest BCUT2D eigenvalue weighted by atomic mass is 9.95. The Bertz CT molecular complexity index is 915. The van der Waals surface area contributed by atoms with Gasteiger partial charge in [-0.05, 0) is 62.0 Å². The number of nitrogens with zero attached hydrogens (tertiary/aromatic N) is 3. The van der Waals surface area contributed by atoms with Gasteiger partial charge in [0.05, 0.1) is 10.8 Å². The second-order valence-electron chi connectivity index (χ2n) is 8.62. The fourth-order valence-corrected chi connectivity index (χ4v) is 5.34. The van der Waals surface area contributed by atoms with Gasteiger partial charge in [0.15, 0.2) is 5.60 Å². The van der Waals surface area contributed by atoms with Crippen molar-refractivity contribution >= 4 is 34.9 Å². The van der Waals surface area contributed by atoms with Crippen molar-refractivity contribution in [3.8, 4) is 0 Å². The number of carbonyl (C=O) groups is 1. The van der Waals surface area contributed by atoms with Crippen molar-refractivity contribution in [2.75, 3.05) is 51.2 Å². The first kappa shape index (κ1) is 26.8. The van der Waals surface area contributed by atoms with Gasteiger partial charge in [-0.3, -0.25) is 9.69 Å². The lowest BCUT2D eigenvalue weighted by molar-refractivity contribution is -0.258. The van der Waals surface area contributed by atoms with Crippen LogP contribution in [-0.4, -0.2) is 78.8 Å². The third-order valence-electron chi connectivity index (χ3n) is 6.04. The number of aliphatic hydroxyl groups is 1. The quantitative estimate of drug-likeness (QED) is 0.604. The Morgan fingerprint density at radius 1 is 1.12 bits per heavy atom. The zero-order chi connectivity index (χ0) is 24.9. The number of likely N-dealkylation sites (N-methyl/N-ethyl adjacent to an activating group) is 1. The van der Waals surface area contributed by atoms with Gasteiger partial charge < -0.3 is 15.3 Å². The van der Waals surface area contributed by atoms with Gasteiger partial charge in [-0.2, -0.15) is 13.2 Å². The molecule has 34 heavy (non-hydrogen) atoms. The Kier molecular flexibility index (Phi) is 8.91. The summed E-state index contributed by atoms with van der Waals surface area (Å²) in [5.74, 6) is 0.135. The second kappa shape index (κ2) is 11.3. The van der Waals surface area contributed by atoms with Gasteiger partial charge >= 0.3 is 6.18 Å². The molecule has 188 valence electrons. The van der Waals surface area contributed by atoms with Crippen LogP contribution < -0.4 is 10.2 Å². The Morgan fingerprint density at radius 2 is 1.76 bits per heavy atom. The number of anilines is 1. The molecule has 0 radical (unpaired) electrons. The van der Waals surface area contributed by atoms with Crippen LogP contribution in [-0.2, 0) is 10.4 Å². The van der Waals surface area contributed by atoms with Gasteiger partial charge in [0.1, 0.15) is 0 Å². The standard InChI is InChI=1S/C17H19F3N2OS2.C6H12N2O/c1-16(23,17(18,19)20)13-4-6-14(7-5-13)21-8-10-22(11-9-21)25-15-3-2-12-24-15;1-5-3-7-6(9)4-8(5)2/h2-7,12,23H,8-11H2,1H3;5H,3-4H2,1-2H3,(H,7,9). The highest BCUT2D eigenvalue weighted by Crippen LogP contribution is 2.39. The molecule has 2 aromatic rings. The molecule has 2 N–H and O–H groups in total. The molecule has 2 atom stereocenters. The Balaban J connectivity index is 0.000000302. The highest BCUT2D eigenvalue weighted by molar-refractivity contribution is 7.98. The summed E-state index contributed by atoms with van der Waals surface area (Å²) in [5, 5.41) is 14.6. The van der Waals surface area contributed by atoms with Crippen molar-refractivity contribution in [1.82, 2.24) is 14.5 Å². The summed E-state index contributed by atoms with van der Waals surface area (Å²) in [4.78, 5) is 14.9. The van der Waals surface area contributed by atoms with Crippen molar-refractivity contribution in [1.29, 1.82) is 0 Å². The average Bonchev–Trinajstić information content (AvgIpc) is 3.30. The maximum Gasteiger partial charge on any atom is 0.421 e. The molecular formula is C23H31F3N4O2S2. The topological polar surface area (TPSA) is 59.1 Å². The first-order valence-corrected chi connectivity index (χ1v) is 12.7. The van der Waals surface area contributed by atoms with Gasteiger partial charge in [0, 0.05) is 44.5 Å². The molecule has 0 spiro atoms. The Labute approximate surface area is 206 Å². The number of halogens is 3. The molecule has 2 aliphatic rings. The van der Waals surface area contributed by atoms with E-state index in [0.717, 1.165) is 45.3 Å². The molecule has 11 heteroatoms. The largest absolute Gasteiger partial charge is 0.421 e. The molecule has 6 nitrogen and oxygen atoms in total. The smallest absolute Gasteiger partial charge is 0.376 e. The van der Waals surface area contributed by atoms with Crippen molar-refractivity contribution < 1.29 is 23.1 Å². The van der Waals surface area contributed by atoms with Crippen LogP contribution in [0.25, 0.3) is 0 Å². The van der Waals surface area contributed by atoms with Crippen LogP contribution in [0.5, 0.6) is 0 Å². The van der Waals surface area contributed by atoms with Crippen molar-refractivity contribution in [2.45, 2.75) is 35.9 Å². The van der Waals surface area contributed by atoms with Crippen LogP contribution >= 0.6 is 23.3 Å². The molecule has 4 rings (SSSR count). The van der Waals surface area contributed by atoms with Crippen LogP contribution in [0.2, 0.25) is 0 Å². The van der Waals surface area contributed by atoms with E-state index in [0.29, 0.717) is 12.6 Å². The summed E-state index contributed by atoms with van der Waals surface area (Å²) in [6, 6.07) is 10.6. The Morgan fingerprint density at radius 3 is 2.26 bits per heavy atom. The second-order valence-corrected chi connectivity index (χ2v) is 11.0. The number of amides is 1. The van der Waals surface area contributed by atoms with Gasteiger partial charge in [-0.1, -0.05) is 18.2 Å². The number of carbonyl (C=O) groups excluding carboxylic acids is 1. The summed E-state index contributed by atoms with van der Waals surface area (Å²) in [7, 11) is 1.96. The SMILES string of the molecule is CC(O)(c1ccc(N2CCN(Sc3cccs3)CC2)cc1)C(F)(F)F.CC1CNC(=O)CN1C. The highest BCUT2D eigenvalue weighted by atomic mass is 32.2. The van der Waals surface area contributed by atoms with E-state index in [1.807, 2.05) is 18.0 Å². The van der Waals surface area contributed by atoms with E-state index >= 15 is 0 Å². The molecule has 2 fully saturated rings. The molecule has 2 unspecified atom stereocenters. The molecule has 1 aromatic heterocycles. The lowest BCUT2D eigenvalue weighted by Gasteiger charge is -2.35. The Hall–Kier alpha value is -1.79.